The van der Waals surface area contributed by atoms with E-state index in [0.29, 0.717) is 23.5 Å². The Bertz CT molecular complexity index is 1190. The highest BCUT2D eigenvalue weighted by Crippen LogP contribution is 2.31. The van der Waals surface area contributed by atoms with Crippen LogP contribution < -0.4 is 0 Å². The molecule has 1 aliphatic heterocycles. The van der Waals surface area contributed by atoms with Crippen LogP contribution in [0.4, 0.5) is 0 Å². The molecule has 0 N–H and O–H groups in total. The fraction of sp³-hybridized carbons (Fsp3) is 0.435. The van der Waals surface area contributed by atoms with E-state index in [-0.39, 0.29) is 6.10 Å². The van der Waals surface area contributed by atoms with Crippen molar-refractivity contribution in [3.63, 3.8) is 0 Å². The van der Waals surface area contributed by atoms with Crippen LogP contribution in [-0.2, 0) is 27.1 Å². The topological polar surface area (TPSA) is 64.4 Å². The van der Waals surface area contributed by atoms with Crippen molar-refractivity contribution < 1.29 is 13.2 Å². The number of halogens is 1. The molecule has 2 heterocycles. The van der Waals surface area contributed by atoms with E-state index in [0.717, 1.165) is 46.9 Å². The number of imidazole rings is 1. The molecule has 4 rings (SSSR count). The van der Waals surface area contributed by atoms with E-state index in [9.17, 15) is 8.42 Å². The minimum atomic E-state index is -3.53. The van der Waals surface area contributed by atoms with Gasteiger partial charge in [-0.05, 0) is 48.7 Å². The number of ether oxygens (including phenoxy) is 1. The van der Waals surface area contributed by atoms with Crippen molar-refractivity contribution in [1.82, 2.24) is 13.9 Å². The highest BCUT2D eigenvalue weighted by Gasteiger charge is 2.24. The third kappa shape index (κ3) is 5.07. The van der Waals surface area contributed by atoms with Gasteiger partial charge < -0.3 is 9.30 Å². The van der Waals surface area contributed by atoms with Gasteiger partial charge in [0.25, 0.3) is 0 Å². The first kappa shape index (κ1) is 23.8. The van der Waals surface area contributed by atoms with Crippen LogP contribution in [0.1, 0.15) is 32.3 Å². The van der Waals surface area contributed by atoms with Crippen molar-refractivity contribution in [2.24, 2.45) is 0 Å². The molecule has 1 saturated heterocycles. The number of thioether (sulfide) groups is 1. The molecule has 172 valence electrons. The molecule has 9 heteroatoms. The van der Waals surface area contributed by atoms with Gasteiger partial charge in [-0.3, -0.25) is 0 Å². The average Bonchev–Trinajstić information content (AvgIpc) is 3.41. The standard InChI is InChI=1S/C23H28BrN3O3S2/c1-3-26(4-2)32(28,29)20-10-11-22-21(14-20)25-23(27(22)15-19-9-6-12-30-19)31-16-17-7-5-8-18(24)13-17/h5,7-8,10-11,13-14,19H,3-4,6,9,12,15-16H2,1-2H3/t19-/m0/s1. The van der Waals surface area contributed by atoms with Crippen molar-refractivity contribution in [1.29, 1.82) is 0 Å². The molecule has 0 amide bonds. The van der Waals surface area contributed by atoms with E-state index in [1.807, 2.05) is 32.0 Å². The summed E-state index contributed by atoms with van der Waals surface area (Å²) in [5.41, 5.74) is 2.84. The summed E-state index contributed by atoms with van der Waals surface area (Å²) in [4.78, 5) is 5.14. The third-order valence-electron chi connectivity index (χ3n) is 5.70. The van der Waals surface area contributed by atoms with E-state index in [2.05, 4.69) is 32.6 Å². The highest BCUT2D eigenvalue weighted by molar-refractivity contribution is 9.10. The van der Waals surface area contributed by atoms with Gasteiger partial charge in [-0.15, -0.1) is 0 Å². The maximum atomic E-state index is 13.0. The molecule has 1 atom stereocenters. The van der Waals surface area contributed by atoms with E-state index >= 15 is 0 Å². The molecule has 1 aliphatic rings. The molecular formula is C23H28BrN3O3S2. The smallest absolute Gasteiger partial charge is 0.243 e. The van der Waals surface area contributed by atoms with Crippen LogP contribution in [0.15, 0.2) is 57.0 Å². The van der Waals surface area contributed by atoms with Crippen LogP contribution in [0.5, 0.6) is 0 Å². The van der Waals surface area contributed by atoms with Gasteiger partial charge in [0.1, 0.15) is 0 Å². The number of nitrogens with zero attached hydrogens (tertiary/aromatic N) is 3. The van der Waals surface area contributed by atoms with E-state index in [1.54, 1.807) is 23.9 Å². The summed E-state index contributed by atoms with van der Waals surface area (Å²) < 4.78 is 36.6. The first-order chi connectivity index (χ1) is 15.4. The van der Waals surface area contributed by atoms with E-state index < -0.39 is 10.0 Å². The van der Waals surface area contributed by atoms with Crippen LogP contribution in [0.2, 0.25) is 0 Å². The normalized spacial score (nSPS) is 16.9. The summed E-state index contributed by atoms with van der Waals surface area (Å²) >= 11 is 5.19. The molecule has 1 fully saturated rings. The second-order valence-corrected chi connectivity index (χ2v) is 11.6. The minimum Gasteiger partial charge on any atom is -0.376 e. The van der Waals surface area contributed by atoms with Crippen molar-refractivity contribution in [3.05, 3.63) is 52.5 Å². The molecule has 0 aliphatic carbocycles. The van der Waals surface area contributed by atoms with Crippen molar-refractivity contribution >= 4 is 48.7 Å². The molecule has 3 aromatic rings. The number of benzene rings is 2. The van der Waals surface area contributed by atoms with Crippen molar-refractivity contribution in [2.75, 3.05) is 19.7 Å². The lowest BCUT2D eigenvalue weighted by Gasteiger charge is -2.18. The maximum Gasteiger partial charge on any atom is 0.243 e. The van der Waals surface area contributed by atoms with Crippen molar-refractivity contribution in [2.45, 2.75) is 55.1 Å². The largest absolute Gasteiger partial charge is 0.376 e. The summed E-state index contributed by atoms with van der Waals surface area (Å²) in [5.74, 6) is 0.777. The number of rotatable bonds is 9. The number of fused-ring (bicyclic) bond motifs is 1. The lowest BCUT2D eigenvalue weighted by Crippen LogP contribution is -2.30. The van der Waals surface area contributed by atoms with Gasteiger partial charge in [-0.25, -0.2) is 13.4 Å². The van der Waals surface area contributed by atoms with Crippen molar-refractivity contribution in [3.8, 4) is 0 Å². The Balaban J connectivity index is 1.70. The molecule has 32 heavy (non-hydrogen) atoms. The van der Waals surface area contributed by atoms with Gasteiger partial charge >= 0.3 is 0 Å². The molecule has 0 radical (unpaired) electrons. The molecule has 6 nitrogen and oxygen atoms in total. The van der Waals surface area contributed by atoms with Crippen LogP contribution in [0, 0.1) is 0 Å². The molecule has 2 aromatic carbocycles. The number of sulfonamides is 1. The van der Waals surface area contributed by atoms with Gasteiger partial charge in [-0.2, -0.15) is 4.31 Å². The van der Waals surface area contributed by atoms with Crippen LogP contribution in [-0.4, -0.2) is 48.1 Å². The summed E-state index contributed by atoms with van der Waals surface area (Å²) in [6, 6.07) is 13.5. The number of hydrogen-bond acceptors (Lipinski definition) is 5. The maximum absolute atomic E-state index is 13.0. The second-order valence-electron chi connectivity index (χ2n) is 7.80. The Kier molecular flexibility index (Phi) is 7.62. The Labute approximate surface area is 202 Å². The molecular weight excluding hydrogens is 510 g/mol. The zero-order chi connectivity index (χ0) is 22.7. The predicted molar refractivity (Wildman–Crippen MR) is 133 cm³/mol. The van der Waals surface area contributed by atoms with Crippen LogP contribution >= 0.6 is 27.7 Å². The molecule has 0 unspecified atom stereocenters. The SMILES string of the molecule is CCN(CC)S(=O)(=O)c1ccc2c(c1)nc(SCc1cccc(Br)c1)n2C[C@@H]1CCCO1. The first-order valence-electron chi connectivity index (χ1n) is 10.9. The fourth-order valence-electron chi connectivity index (χ4n) is 4.01. The Morgan fingerprint density at radius 1 is 1.22 bits per heavy atom. The minimum absolute atomic E-state index is 0.164. The quantitative estimate of drug-likeness (QED) is 0.346. The highest BCUT2D eigenvalue weighted by atomic mass is 79.9. The first-order valence-corrected chi connectivity index (χ1v) is 14.1. The van der Waals surface area contributed by atoms with Gasteiger partial charge in [0, 0.05) is 29.9 Å². The average molecular weight is 539 g/mol. The monoisotopic (exact) mass is 537 g/mol. The van der Waals surface area contributed by atoms with E-state index in [1.165, 1.54) is 9.87 Å². The molecule has 0 bridgehead atoms. The number of hydrogen-bond donors (Lipinski definition) is 0. The second kappa shape index (κ2) is 10.3. The Morgan fingerprint density at radius 3 is 2.72 bits per heavy atom. The lowest BCUT2D eigenvalue weighted by molar-refractivity contribution is 0.0960. The van der Waals surface area contributed by atoms with Gasteiger partial charge in [-0.1, -0.05) is 53.7 Å². The summed E-state index contributed by atoms with van der Waals surface area (Å²) in [6.07, 6.45) is 2.27. The summed E-state index contributed by atoms with van der Waals surface area (Å²) in [6.45, 7) is 6.11. The molecule has 0 spiro atoms. The summed E-state index contributed by atoms with van der Waals surface area (Å²) in [7, 11) is -3.53. The van der Waals surface area contributed by atoms with Gasteiger partial charge in [0.05, 0.1) is 28.6 Å². The van der Waals surface area contributed by atoms with E-state index in [4.69, 9.17) is 9.72 Å². The summed E-state index contributed by atoms with van der Waals surface area (Å²) in [5, 5.41) is 0.882. The third-order valence-corrected chi connectivity index (χ3v) is 9.28. The number of aromatic nitrogens is 2. The van der Waals surface area contributed by atoms with Gasteiger partial charge in [0.2, 0.25) is 10.0 Å². The molecule has 0 saturated carbocycles. The zero-order valence-corrected chi connectivity index (χ0v) is 21.5. The van der Waals surface area contributed by atoms with Crippen LogP contribution in [0.3, 0.4) is 0 Å². The molecule has 1 aromatic heterocycles. The zero-order valence-electron chi connectivity index (χ0n) is 18.3. The van der Waals surface area contributed by atoms with Gasteiger partial charge in [0.15, 0.2) is 5.16 Å². The Morgan fingerprint density at radius 2 is 2.03 bits per heavy atom. The van der Waals surface area contributed by atoms with Crippen LogP contribution in [0.25, 0.3) is 11.0 Å². The fourth-order valence-corrected chi connectivity index (χ4v) is 6.91. The lowest BCUT2D eigenvalue weighted by atomic mass is 10.2. The predicted octanol–water partition coefficient (Wildman–Crippen LogP) is 5.30. The Hall–Kier alpha value is -1.39.